The fourth-order valence-corrected chi connectivity index (χ4v) is 8.94. The number of aliphatic hydroxyl groups is 1. The van der Waals surface area contributed by atoms with Crippen molar-refractivity contribution in [2.75, 3.05) is 14.1 Å². The van der Waals surface area contributed by atoms with Crippen molar-refractivity contribution in [2.24, 2.45) is 22.7 Å². The molecule has 0 heterocycles. The number of esters is 5. The van der Waals surface area contributed by atoms with E-state index in [9.17, 15) is 29.1 Å². The summed E-state index contributed by atoms with van der Waals surface area (Å²) in [6.45, 7) is 16.6. The predicted molar refractivity (Wildman–Crippen MR) is 186 cm³/mol. The molecule has 1 N–H and O–H groups in total. The Morgan fingerprint density at radius 2 is 1.41 bits per heavy atom. The molecule has 0 amide bonds. The molecule has 7 unspecified atom stereocenters. The first kappa shape index (κ1) is 39.8. The molecule has 2 bridgehead atoms. The third kappa shape index (κ3) is 7.91. The molecule has 4 rings (SSSR count). The maximum absolute atomic E-state index is 13.7. The van der Waals surface area contributed by atoms with E-state index in [0.29, 0.717) is 16.7 Å². The third-order valence-corrected chi connectivity index (χ3v) is 11.2. The van der Waals surface area contributed by atoms with Gasteiger partial charge in [-0.15, -0.1) is 0 Å². The smallest absolute Gasteiger partial charge is 0.308 e. The molecule has 0 aromatic heterocycles. The number of ether oxygens (including phenoxy) is 5. The molecule has 12 nitrogen and oxygen atoms in total. The summed E-state index contributed by atoms with van der Waals surface area (Å²) in [6.07, 6.45) is -6.59. The first-order valence-corrected chi connectivity index (χ1v) is 17.4. The highest BCUT2D eigenvalue weighted by molar-refractivity contribution is 5.72. The highest BCUT2D eigenvalue weighted by atomic mass is 16.6. The lowest BCUT2D eigenvalue weighted by Gasteiger charge is -2.61. The number of rotatable bonds is 9. The van der Waals surface area contributed by atoms with Crippen LogP contribution in [-0.4, -0.2) is 90.6 Å². The molecule has 0 spiro atoms. The van der Waals surface area contributed by atoms with Gasteiger partial charge in [-0.05, 0) is 61.1 Å². The Bertz CT molecular complexity index is 1570. The lowest BCUT2D eigenvalue weighted by Crippen LogP contribution is -2.68. The van der Waals surface area contributed by atoms with Crippen LogP contribution in [0.5, 0.6) is 0 Å². The zero-order valence-electron chi connectivity index (χ0n) is 31.4. The first-order chi connectivity index (χ1) is 23.7. The zero-order valence-corrected chi connectivity index (χ0v) is 31.4. The molecule has 1 aromatic carbocycles. The number of benzene rings is 1. The van der Waals surface area contributed by atoms with Crippen molar-refractivity contribution in [1.29, 1.82) is 0 Å². The van der Waals surface area contributed by atoms with Gasteiger partial charge in [-0.1, -0.05) is 57.7 Å². The van der Waals surface area contributed by atoms with E-state index in [2.05, 4.69) is 6.58 Å². The predicted octanol–water partition coefficient (Wildman–Crippen LogP) is 4.64. The standard InChI is InChI=1S/C39H53NO11/c1-20-30(51-32(45)18-28(40(10)11)26-15-13-12-14-16-26)19-31(48-23(4)42)39(9)33(20)35(46)27-17-29(47-22(3)41)21(2)34(38(27,7)8)36(49-24(5)43)37(39)50-25(6)44/h12-16,27-31,33,35-37,46H,1,17-19H2,2-11H3/t27-,28?,29?,30?,31?,33-,35?,36?,37?,39+/m0/s1. The Balaban J connectivity index is 1.91. The van der Waals surface area contributed by atoms with Crippen LogP contribution in [0.1, 0.15) is 86.3 Å². The van der Waals surface area contributed by atoms with Crippen LogP contribution < -0.4 is 0 Å². The van der Waals surface area contributed by atoms with Crippen LogP contribution in [0.3, 0.4) is 0 Å². The summed E-state index contributed by atoms with van der Waals surface area (Å²) in [5, 5.41) is 12.7. The third-order valence-electron chi connectivity index (χ3n) is 11.2. The van der Waals surface area contributed by atoms with E-state index in [4.69, 9.17) is 23.7 Å². The van der Waals surface area contributed by atoms with Gasteiger partial charge in [0.15, 0.2) is 12.2 Å². The first-order valence-electron chi connectivity index (χ1n) is 17.4. The lowest BCUT2D eigenvalue weighted by atomic mass is 9.48. The van der Waals surface area contributed by atoms with E-state index in [1.807, 2.05) is 63.2 Å². The molecule has 1 aromatic rings. The van der Waals surface area contributed by atoms with Crippen LogP contribution in [0.25, 0.3) is 0 Å². The van der Waals surface area contributed by atoms with Crippen molar-refractivity contribution in [3.05, 3.63) is 59.2 Å². The Kier molecular flexibility index (Phi) is 11.9. The maximum atomic E-state index is 13.7. The SMILES string of the molecule is C=C1C(OC(=O)CC(c2ccccc2)N(C)C)CC(OC(C)=O)[C@@]2(C)C(OC(C)=O)C(OC(C)=O)C3=C(C)C(OC(C)=O)C[C@@H](C(O)[C@H]12)C3(C)C. The van der Waals surface area contributed by atoms with Gasteiger partial charge in [0.05, 0.1) is 17.9 Å². The molecule has 12 heteroatoms. The van der Waals surface area contributed by atoms with E-state index in [0.717, 1.165) is 5.56 Å². The number of hydrogen-bond donors (Lipinski definition) is 1. The van der Waals surface area contributed by atoms with Crippen molar-refractivity contribution in [1.82, 2.24) is 4.90 Å². The number of hydrogen-bond acceptors (Lipinski definition) is 12. The average molecular weight is 712 g/mol. The summed E-state index contributed by atoms with van der Waals surface area (Å²) >= 11 is 0. The Morgan fingerprint density at radius 1 is 0.843 bits per heavy atom. The normalized spacial score (nSPS) is 32.0. The number of nitrogens with zero attached hydrogens (tertiary/aromatic N) is 1. The molecule has 280 valence electrons. The fraction of sp³-hybridized carbons (Fsp3) is 0.615. The topological polar surface area (TPSA) is 155 Å². The van der Waals surface area contributed by atoms with Crippen LogP contribution in [0.4, 0.5) is 0 Å². The molecule has 51 heavy (non-hydrogen) atoms. The van der Waals surface area contributed by atoms with Crippen LogP contribution in [-0.2, 0) is 47.7 Å². The van der Waals surface area contributed by atoms with Gasteiger partial charge in [0, 0.05) is 46.1 Å². The Morgan fingerprint density at radius 3 is 1.94 bits per heavy atom. The van der Waals surface area contributed by atoms with E-state index < -0.39 is 89.1 Å². The zero-order chi connectivity index (χ0) is 38.2. The molecular weight excluding hydrogens is 658 g/mol. The van der Waals surface area contributed by atoms with Crippen molar-refractivity contribution < 1.29 is 52.8 Å². The molecule has 0 aliphatic heterocycles. The minimum absolute atomic E-state index is 0.00125. The highest BCUT2D eigenvalue weighted by Gasteiger charge is 2.67. The Labute approximate surface area is 300 Å². The van der Waals surface area contributed by atoms with Crippen LogP contribution in [0.15, 0.2) is 53.6 Å². The van der Waals surface area contributed by atoms with Gasteiger partial charge in [-0.2, -0.15) is 0 Å². The van der Waals surface area contributed by atoms with Gasteiger partial charge in [-0.3, -0.25) is 24.0 Å². The summed E-state index contributed by atoms with van der Waals surface area (Å²) in [4.78, 5) is 66.5. The number of carbonyl (C=O) groups excluding carboxylic acids is 5. The summed E-state index contributed by atoms with van der Waals surface area (Å²) in [5.74, 6) is -4.76. The summed E-state index contributed by atoms with van der Waals surface area (Å²) < 4.78 is 30.1. The van der Waals surface area contributed by atoms with Crippen molar-refractivity contribution in [3.8, 4) is 0 Å². The minimum atomic E-state index is -1.46. The number of fused-ring (bicyclic) bond motifs is 3. The Hall–Kier alpha value is -4.03. The largest absolute Gasteiger partial charge is 0.462 e. The molecule has 2 fully saturated rings. The minimum Gasteiger partial charge on any atom is -0.462 e. The van der Waals surface area contributed by atoms with Crippen LogP contribution in [0, 0.1) is 22.7 Å². The molecule has 3 aliphatic carbocycles. The molecule has 2 saturated carbocycles. The van der Waals surface area contributed by atoms with E-state index >= 15 is 0 Å². The highest BCUT2D eigenvalue weighted by Crippen LogP contribution is 2.61. The summed E-state index contributed by atoms with van der Waals surface area (Å²) in [7, 11) is 3.73. The number of aliphatic hydroxyl groups excluding tert-OH is 1. The van der Waals surface area contributed by atoms with E-state index in [1.54, 1.807) is 13.8 Å². The fourth-order valence-electron chi connectivity index (χ4n) is 8.94. The van der Waals surface area contributed by atoms with E-state index in [-0.39, 0.29) is 25.3 Å². The van der Waals surface area contributed by atoms with Crippen LogP contribution >= 0.6 is 0 Å². The van der Waals surface area contributed by atoms with Crippen molar-refractivity contribution in [2.45, 2.75) is 117 Å². The maximum Gasteiger partial charge on any atom is 0.308 e. The van der Waals surface area contributed by atoms with Gasteiger partial charge in [-0.25, -0.2) is 0 Å². The summed E-state index contributed by atoms with van der Waals surface area (Å²) in [6, 6.07) is 9.24. The van der Waals surface area contributed by atoms with Crippen LogP contribution in [0.2, 0.25) is 0 Å². The molecule has 3 aliphatic rings. The van der Waals surface area contributed by atoms with Gasteiger partial charge in [0.1, 0.15) is 18.3 Å². The molecule has 0 saturated heterocycles. The second-order valence-corrected chi connectivity index (χ2v) is 15.1. The second-order valence-electron chi connectivity index (χ2n) is 15.1. The van der Waals surface area contributed by atoms with E-state index in [1.165, 1.54) is 27.7 Å². The quantitative estimate of drug-likeness (QED) is 0.216. The average Bonchev–Trinajstić information content (AvgIpc) is 3.01. The van der Waals surface area contributed by atoms with Crippen molar-refractivity contribution in [3.63, 3.8) is 0 Å². The molecule has 0 radical (unpaired) electrons. The lowest BCUT2D eigenvalue weighted by molar-refractivity contribution is -0.226. The van der Waals surface area contributed by atoms with Gasteiger partial charge in [0.25, 0.3) is 0 Å². The molecular formula is C39H53NO11. The van der Waals surface area contributed by atoms with Crippen molar-refractivity contribution >= 4 is 29.8 Å². The second kappa shape index (κ2) is 15.3. The van der Waals surface area contributed by atoms with Gasteiger partial charge >= 0.3 is 29.8 Å². The van der Waals surface area contributed by atoms with Gasteiger partial charge < -0.3 is 33.7 Å². The monoisotopic (exact) mass is 711 g/mol. The number of carbonyl (C=O) groups is 5. The van der Waals surface area contributed by atoms with Gasteiger partial charge in [0.2, 0.25) is 0 Å². The molecule has 10 atom stereocenters. The summed E-state index contributed by atoms with van der Waals surface area (Å²) in [5.41, 5.74) is 0.0162.